The Labute approximate surface area is 141 Å². The van der Waals surface area contributed by atoms with Crippen molar-refractivity contribution in [1.29, 1.82) is 0 Å². The fourth-order valence-corrected chi connectivity index (χ4v) is 3.63. The van der Waals surface area contributed by atoms with Crippen LogP contribution in [0.4, 0.5) is 15.8 Å². The van der Waals surface area contributed by atoms with E-state index in [-0.39, 0.29) is 12.1 Å². The van der Waals surface area contributed by atoms with E-state index in [9.17, 15) is 17.6 Å². The number of hydrogen-bond acceptors (Lipinski definition) is 3. The van der Waals surface area contributed by atoms with Gasteiger partial charge in [-0.25, -0.2) is 12.8 Å². The molecule has 1 N–H and O–H groups in total. The summed E-state index contributed by atoms with van der Waals surface area (Å²) in [5.41, 5.74) is 0.401. The Balaban J connectivity index is 2.36. The van der Waals surface area contributed by atoms with E-state index in [0.717, 1.165) is 10.6 Å². The molecule has 5 nitrogen and oxygen atoms in total. The summed E-state index contributed by atoms with van der Waals surface area (Å²) in [6, 6.07) is 13.1. The number of nitrogens with zero attached hydrogens (tertiary/aromatic N) is 1. The van der Waals surface area contributed by atoms with Gasteiger partial charge in [0.1, 0.15) is 11.9 Å². The number of para-hydroxylation sites is 2. The predicted molar refractivity (Wildman–Crippen MR) is 92.9 cm³/mol. The van der Waals surface area contributed by atoms with E-state index < -0.39 is 27.8 Å². The van der Waals surface area contributed by atoms with Crippen LogP contribution in [0, 0.1) is 5.82 Å². The summed E-state index contributed by atoms with van der Waals surface area (Å²) in [4.78, 5) is 12.6. The van der Waals surface area contributed by atoms with Gasteiger partial charge in [0, 0.05) is 0 Å². The van der Waals surface area contributed by atoms with Crippen LogP contribution in [0.2, 0.25) is 0 Å². The SMILES string of the molecule is CC[C@@H](C(=O)Nc1ccccc1F)N(c1ccccc1)S(C)(=O)=O. The molecular weight excluding hydrogens is 331 g/mol. The Bertz CT molecular complexity index is 810. The number of hydrogen-bond donors (Lipinski definition) is 1. The normalized spacial score (nSPS) is 12.5. The molecule has 2 aromatic rings. The first-order valence-electron chi connectivity index (χ1n) is 7.44. The van der Waals surface area contributed by atoms with Crippen molar-refractivity contribution in [3.8, 4) is 0 Å². The minimum absolute atomic E-state index is 0.0162. The van der Waals surface area contributed by atoms with E-state index in [1.54, 1.807) is 43.3 Å². The highest BCUT2D eigenvalue weighted by Gasteiger charge is 2.31. The molecule has 1 amide bonds. The van der Waals surface area contributed by atoms with Crippen LogP contribution in [0.1, 0.15) is 13.3 Å². The third-order valence-electron chi connectivity index (χ3n) is 3.47. The molecule has 0 saturated carbocycles. The van der Waals surface area contributed by atoms with Crippen LogP contribution in [0.15, 0.2) is 54.6 Å². The topological polar surface area (TPSA) is 66.5 Å². The highest BCUT2D eigenvalue weighted by molar-refractivity contribution is 7.92. The van der Waals surface area contributed by atoms with Gasteiger partial charge < -0.3 is 5.32 Å². The van der Waals surface area contributed by atoms with Gasteiger partial charge >= 0.3 is 0 Å². The van der Waals surface area contributed by atoms with Gasteiger partial charge in [0.25, 0.3) is 0 Å². The molecule has 0 saturated heterocycles. The van der Waals surface area contributed by atoms with E-state index in [1.165, 1.54) is 18.2 Å². The average Bonchev–Trinajstić information content (AvgIpc) is 2.54. The third kappa shape index (κ3) is 4.11. The van der Waals surface area contributed by atoms with Gasteiger partial charge in [-0.2, -0.15) is 0 Å². The highest BCUT2D eigenvalue weighted by Crippen LogP contribution is 2.23. The zero-order valence-electron chi connectivity index (χ0n) is 13.4. The summed E-state index contributed by atoms with van der Waals surface area (Å²) in [5, 5.41) is 2.46. The van der Waals surface area contributed by atoms with Gasteiger partial charge in [0.2, 0.25) is 15.9 Å². The fourth-order valence-electron chi connectivity index (χ4n) is 2.41. The standard InChI is InChI=1S/C17H19FN2O3S/c1-3-16(17(21)19-15-12-8-7-11-14(15)18)20(24(2,22)23)13-9-5-4-6-10-13/h4-12,16H,3H2,1-2H3,(H,19,21)/t16-/m0/s1. The zero-order chi connectivity index (χ0) is 17.7. The van der Waals surface area contributed by atoms with E-state index in [0.29, 0.717) is 5.69 Å². The number of nitrogens with one attached hydrogen (secondary N) is 1. The van der Waals surface area contributed by atoms with E-state index in [4.69, 9.17) is 0 Å². The van der Waals surface area contributed by atoms with Crippen molar-refractivity contribution in [2.24, 2.45) is 0 Å². The molecule has 0 heterocycles. The van der Waals surface area contributed by atoms with Gasteiger partial charge in [0.15, 0.2) is 0 Å². The molecule has 1 atom stereocenters. The first-order valence-corrected chi connectivity index (χ1v) is 9.29. The van der Waals surface area contributed by atoms with Crippen molar-refractivity contribution in [2.45, 2.75) is 19.4 Å². The summed E-state index contributed by atoms with van der Waals surface area (Å²) in [6.45, 7) is 1.70. The Hall–Kier alpha value is -2.41. The van der Waals surface area contributed by atoms with Crippen LogP contribution in [0.3, 0.4) is 0 Å². The fraction of sp³-hybridized carbons (Fsp3) is 0.235. The predicted octanol–water partition coefficient (Wildman–Crippen LogP) is 3.01. The van der Waals surface area contributed by atoms with Gasteiger partial charge in [-0.3, -0.25) is 9.10 Å². The lowest BCUT2D eigenvalue weighted by Crippen LogP contribution is -2.47. The van der Waals surface area contributed by atoms with Gasteiger partial charge in [-0.15, -0.1) is 0 Å². The summed E-state index contributed by atoms with van der Waals surface area (Å²) in [7, 11) is -3.70. The third-order valence-corrected chi connectivity index (χ3v) is 4.65. The maximum Gasteiger partial charge on any atom is 0.248 e. The van der Waals surface area contributed by atoms with Crippen molar-refractivity contribution in [2.75, 3.05) is 15.9 Å². The average molecular weight is 350 g/mol. The number of carbonyl (C=O) groups excluding carboxylic acids is 1. The second kappa shape index (κ2) is 7.44. The molecule has 0 aromatic heterocycles. The Kier molecular flexibility index (Phi) is 5.56. The molecule has 0 fully saturated rings. The number of carbonyl (C=O) groups is 1. The first-order chi connectivity index (χ1) is 11.3. The molecule has 7 heteroatoms. The Morgan fingerprint density at radius 3 is 2.25 bits per heavy atom. The maximum absolute atomic E-state index is 13.7. The number of sulfonamides is 1. The second-order valence-corrected chi connectivity index (χ2v) is 7.15. The first kappa shape index (κ1) is 17.9. The van der Waals surface area contributed by atoms with E-state index in [2.05, 4.69) is 5.32 Å². The number of anilines is 2. The molecule has 0 aliphatic heterocycles. The molecule has 0 unspecified atom stereocenters. The molecule has 0 spiro atoms. The monoisotopic (exact) mass is 350 g/mol. The van der Waals surface area contributed by atoms with Crippen molar-refractivity contribution in [1.82, 2.24) is 0 Å². The van der Waals surface area contributed by atoms with Crippen molar-refractivity contribution < 1.29 is 17.6 Å². The molecule has 24 heavy (non-hydrogen) atoms. The summed E-state index contributed by atoms with van der Waals surface area (Å²) in [6.07, 6.45) is 1.28. The summed E-state index contributed by atoms with van der Waals surface area (Å²) < 4.78 is 39.2. The zero-order valence-corrected chi connectivity index (χ0v) is 14.3. The smallest absolute Gasteiger partial charge is 0.248 e. The molecule has 0 aliphatic carbocycles. The second-order valence-electron chi connectivity index (χ2n) is 5.29. The molecule has 2 aromatic carbocycles. The van der Waals surface area contributed by atoms with Crippen molar-refractivity contribution in [3.05, 3.63) is 60.4 Å². The van der Waals surface area contributed by atoms with Crippen LogP contribution >= 0.6 is 0 Å². The maximum atomic E-state index is 13.7. The van der Waals surface area contributed by atoms with Gasteiger partial charge in [0.05, 0.1) is 17.6 Å². The van der Waals surface area contributed by atoms with Crippen molar-refractivity contribution >= 4 is 27.3 Å². The van der Waals surface area contributed by atoms with Gasteiger partial charge in [-0.05, 0) is 30.7 Å². The molecule has 128 valence electrons. The molecule has 0 aliphatic rings. The van der Waals surface area contributed by atoms with E-state index >= 15 is 0 Å². The lowest BCUT2D eigenvalue weighted by molar-refractivity contribution is -0.117. The minimum Gasteiger partial charge on any atom is -0.322 e. The summed E-state index contributed by atoms with van der Waals surface area (Å²) in [5.74, 6) is -1.16. The van der Waals surface area contributed by atoms with Crippen LogP contribution in [-0.2, 0) is 14.8 Å². The number of amides is 1. The lowest BCUT2D eigenvalue weighted by atomic mass is 10.2. The molecule has 2 rings (SSSR count). The number of rotatable bonds is 6. The Morgan fingerprint density at radius 2 is 1.71 bits per heavy atom. The minimum atomic E-state index is -3.70. The van der Waals surface area contributed by atoms with Gasteiger partial charge in [-0.1, -0.05) is 37.3 Å². The largest absolute Gasteiger partial charge is 0.322 e. The van der Waals surface area contributed by atoms with E-state index in [1.807, 2.05) is 0 Å². The Morgan fingerprint density at radius 1 is 1.12 bits per heavy atom. The number of halogens is 1. The number of benzene rings is 2. The van der Waals surface area contributed by atoms with Crippen LogP contribution in [-0.4, -0.2) is 26.6 Å². The van der Waals surface area contributed by atoms with Crippen LogP contribution < -0.4 is 9.62 Å². The van der Waals surface area contributed by atoms with Crippen molar-refractivity contribution in [3.63, 3.8) is 0 Å². The lowest BCUT2D eigenvalue weighted by Gasteiger charge is -2.30. The van der Waals surface area contributed by atoms with Crippen LogP contribution in [0.25, 0.3) is 0 Å². The molecular formula is C17H19FN2O3S. The quantitative estimate of drug-likeness (QED) is 0.871. The van der Waals surface area contributed by atoms with Crippen LogP contribution in [0.5, 0.6) is 0 Å². The summed E-state index contributed by atoms with van der Waals surface area (Å²) >= 11 is 0. The molecule has 0 radical (unpaired) electrons. The highest BCUT2D eigenvalue weighted by atomic mass is 32.2. The molecule has 0 bridgehead atoms.